The van der Waals surface area contributed by atoms with Crippen LogP contribution in [0.1, 0.15) is 49.5 Å². The zero-order chi connectivity index (χ0) is 35.3. The van der Waals surface area contributed by atoms with Gasteiger partial charge in [-0.2, -0.15) is 4.31 Å². The van der Waals surface area contributed by atoms with Crippen molar-refractivity contribution in [3.63, 3.8) is 0 Å². The van der Waals surface area contributed by atoms with Crippen LogP contribution >= 0.6 is 22.9 Å². The monoisotopic (exact) mass is 719 g/mol. The highest BCUT2D eigenvalue weighted by Gasteiger charge is 2.40. The Morgan fingerprint density at radius 3 is 2.38 bits per heavy atom. The zero-order valence-corrected chi connectivity index (χ0v) is 30.6. The zero-order valence-electron chi connectivity index (χ0n) is 28.3. The van der Waals surface area contributed by atoms with Crippen molar-refractivity contribution < 1.29 is 28.2 Å². The lowest BCUT2D eigenvalue weighted by Gasteiger charge is -2.34. The van der Waals surface area contributed by atoms with Crippen LogP contribution in [-0.4, -0.2) is 94.0 Å². The molecule has 0 aliphatic carbocycles. The molecule has 1 saturated heterocycles. The number of hydrogen-bond acceptors (Lipinski definition) is 8. The Morgan fingerprint density at radius 2 is 1.79 bits per heavy atom. The van der Waals surface area contributed by atoms with E-state index in [1.807, 2.05) is 70.3 Å². The first-order chi connectivity index (χ1) is 22.6. The van der Waals surface area contributed by atoms with Gasteiger partial charge in [-0.15, -0.1) is 11.3 Å². The summed E-state index contributed by atoms with van der Waals surface area (Å²) in [4.78, 5) is 35.2. The van der Waals surface area contributed by atoms with Gasteiger partial charge in [0.15, 0.2) is 0 Å². The fourth-order valence-corrected chi connectivity index (χ4v) is 8.59. The molecule has 0 bridgehead atoms. The van der Waals surface area contributed by atoms with Crippen LogP contribution in [0.4, 0.5) is 4.79 Å². The van der Waals surface area contributed by atoms with Gasteiger partial charge < -0.3 is 25.3 Å². The third-order valence-electron chi connectivity index (χ3n) is 8.30. The van der Waals surface area contributed by atoms with Gasteiger partial charge in [-0.3, -0.25) is 4.79 Å². The minimum atomic E-state index is -4.17. The number of thiazole rings is 1. The summed E-state index contributed by atoms with van der Waals surface area (Å²) in [6.45, 7) is 11.9. The van der Waals surface area contributed by atoms with Crippen molar-refractivity contribution in [3.8, 4) is 5.75 Å². The van der Waals surface area contributed by atoms with Crippen molar-refractivity contribution in [1.82, 2.24) is 24.4 Å². The third-order valence-corrected chi connectivity index (χ3v) is 11.2. The summed E-state index contributed by atoms with van der Waals surface area (Å²) >= 11 is 7.66. The summed E-state index contributed by atoms with van der Waals surface area (Å²) in [7, 11) is -4.17. The molecule has 2 heterocycles. The molecule has 4 rings (SSSR count). The molecule has 48 heavy (non-hydrogen) atoms. The highest BCUT2D eigenvalue weighted by Crippen LogP contribution is 2.32. The molecule has 0 spiro atoms. The first kappa shape index (κ1) is 37.6. The third kappa shape index (κ3) is 9.06. The molecule has 0 saturated carbocycles. The van der Waals surface area contributed by atoms with E-state index in [4.69, 9.17) is 11.6 Å². The fraction of sp³-hybridized carbons (Fsp3) is 0.500. The number of carbonyl (C=O) groups is 2. The number of rotatable bonds is 15. The molecule has 1 aliphatic heterocycles. The number of phenols is 1. The topological polar surface area (TPSA) is 143 Å². The second-order valence-electron chi connectivity index (χ2n) is 13.1. The van der Waals surface area contributed by atoms with Crippen molar-refractivity contribution in [2.75, 3.05) is 26.2 Å². The van der Waals surface area contributed by atoms with E-state index in [9.17, 15) is 28.2 Å². The van der Waals surface area contributed by atoms with Gasteiger partial charge >= 0.3 is 6.03 Å². The highest BCUT2D eigenvalue weighted by atomic mass is 35.5. The summed E-state index contributed by atoms with van der Waals surface area (Å²) < 4.78 is 29.0. The number of sulfonamides is 1. The van der Waals surface area contributed by atoms with Crippen LogP contribution in [-0.2, 0) is 27.8 Å². The molecule has 1 aliphatic rings. The van der Waals surface area contributed by atoms with E-state index >= 15 is 0 Å². The van der Waals surface area contributed by atoms with Gasteiger partial charge in [0.05, 0.1) is 39.3 Å². The summed E-state index contributed by atoms with van der Waals surface area (Å²) in [5.74, 6) is -0.964. The Kier molecular flexibility index (Phi) is 12.5. The largest absolute Gasteiger partial charge is 0.506 e. The van der Waals surface area contributed by atoms with Crippen LogP contribution in [0.5, 0.6) is 5.75 Å². The number of nitrogens with zero attached hydrogens (tertiary/aromatic N) is 4. The molecule has 1 unspecified atom stereocenters. The van der Waals surface area contributed by atoms with Crippen molar-refractivity contribution >= 4 is 44.9 Å². The van der Waals surface area contributed by atoms with Crippen LogP contribution in [0, 0.1) is 25.7 Å². The Morgan fingerprint density at radius 1 is 1.10 bits per heavy atom. The number of benzene rings is 2. The van der Waals surface area contributed by atoms with E-state index in [1.54, 1.807) is 16.7 Å². The highest BCUT2D eigenvalue weighted by molar-refractivity contribution is 7.89. The Bertz CT molecular complexity index is 1660. The first-order valence-corrected chi connectivity index (χ1v) is 18.8. The van der Waals surface area contributed by atoms with Crippen molar-refractivity contribution in [2.24, 2.45) is 11.8 Å². The van der Waals surface area contributed by atoms with Gasteiger partial charge in [0.2, 0.25) is 15.9 Å². The average Bonchev–Trinajstić information content (AvgIpc) is 3.59. The Hall–Kier alpha value is -3.23. The number of aliphatic hydroxyl groups is 1. The predicted octanol–water partition coefficient (Wildman–Crippen LogP) is 4.82. The average molecular weight is 720 g/mol. The first-order valence-electron chi connectivity index (χ1n) is 16.1. The summed E-state index contributed by atoms with van der Waals surface area (Å²) in [5, 5.41) is 27.6. The van der Waals surface area contributed by atoms with Crippen LogP contribution in [0.25, 0.3) is 0 Å². The maximum atomic E-state index is 14.1. The second kappa shape index (κ2) is 16.0. The molecule has 2 aromatic carbocycles. The van der Waals surface area contributed by atoms with Crippen LogP contribution in [0.3, 0.4) is 0 Å². The standard InChI is InChI=1S/C34H46ClN5O6S2/c1-21(2)17-39(48(45,46)27-14-23(5)32(42)28(35)16-27)19-30(41)29(15-25-10-8-7-9-11-25)37-33(43)31(22(3)4)40-13-12-38(34(40)44)18-26-20-47-24(6)36-26/h7-11,14,16,20-22,29-31,41-42H,12-13,15,17-19H2,1-6H3,(H,37,43)/t29-,30+,31?/m0/s1. The predicted molar refractivity (Wildman–Crippen MR) is 188 cm³/mol. The van der Waals surface area contributed by atoms with E-state index in [2.05, 4.69) is 10.3 Å². The fourth-order valence-electron chi connectivity index (χ4n) is 5.92. The summed E-state index contributed by atoms with van der Waals surface area (Å²) in [6.07, 6.45) is -1.09. The molecule has 3 atom stereocenters. The number of halogens is 1. The van der Waals surface area contributed by atoms with Crippen molar-refractivity contribution in [2.45, 2.75) is 77.6 Å². The Balaban J connectivity index is 1.59. The summed E-state index contributed by atoms with van der Waals surface area (Å²) in [6, 6.07) is 9.89. The number of aromatic hydroxyl groups is 1. The molecule has 14 heteroatoms. The van der Waals surface area contributed by atoms with Gasteiger partial charge in [0, 0.05) is 31.6 Å². The number of urea groups is 1. The summed E-state index contributed by atoms with van der Waals surface area (Å²) in [5.41, 5.74) is 1.94. The van der Waals surface area contributed by atoms with Gasteiger partial charge in [-0.25, -0.2) is 18.2 Å². The van der Waals surface area contributed by atoms with Crippen molar-refractivity contribution in [3.05, 3.63) is 74.7 Å². The van der Waals surface area contributed by atoms with Crippen LogP contribution in [0.2, 0.25) is 5.02 Å². The lowest BCUT2D eigenvalue weighted by atomic mass is 9.97. The molecular formula is C34H46ClN5O6S2. The lowest BCUT2D eigenvalue weighted by Crippen LogP contribution is -2.57. The maximum Gasteiger partial charge on any atom is 0.321 e. The molecule has 1 aromatic heterocycles. The SMILES string of the molecule is Cc1nc(CN2CCN(C(C(=O)N[C@@H](Cc3ccccc3)[C@H](O)CN(CC(C)C)S(=O)(=O)c3cc(C)c(O)c(Cl)c3)C(C)C)C2=O)cs1. The van der Waals surface area contributed by atoms with E-state index in [1.165, 1.54) is 27.8 Å². The number of phenolic OH excluding ortho intramolecular Hbond substituents is 1. The Labute approximate surface area is 292 Å². The minimum Gasteiger partial charge on any atom is -0.506 e. The number of nitrogens with one attached hydrogen (secondary N) is 1. The van der Waals surface area contributed by atoms with Gasteiger partial charge in [0.1, 0.15) is 11.8 Å². The van der Waals surface area contributed by atoms with Gasteiger partial charge in [-0.05, 0) is 55.4 Å². The molecular weight excluding hydrogens is 674 g/mol. The van der Waals surface area contributed by atoms with E-state index in [-0.39, 0.29) is 53.0 Å². The van der Waals surface area contributed by atoms with Crippen LogP contribution < -0.4 is 5.32 Å². The molecule has 262 valence electrons. The van der Waals surface area contributed by atoms with E-state index in [0.29, 0.717) is 25.2 Å². The number of aromatic nitrogens is 1. The van der Waals surface area contributed by atoms with Crippen LogP contribution in [0.15, 0.2) is 52.7 Å². The van der Waals surface area contributed by atoms with Crippen molar-refractivity contribution in [1.29, 1.82) is 0 Å². The number of aryl methyl sites for hydroxylation is 2. The molecule has 3 aromatic rings. The molecule has 0 radical (unpaired) electrons. The van der Waals surface area contributed by atoms with E-state index < -0.39 is 34.1 Å². The number of amides is 3. The smallest absolute Gasteiger partial charge is 0.321 e. The number of aliphatic hydroxyl groups excluding tert-OH is 1. The second-order valence-corrected chi connectivity index (χ2v) is 16.5. The minimum absolute atomic E-state index is 0.0915. The molecule has 3 amide bonds. The number of hydrogen-bond donors (Lipinski definition) is 3. The number of carbonyl (C=O) groups excluding carboxylic acids is 2. The molecule has 11 nitrogen and oxygen atoms in total. The maximum absolute atomic E-state index is 14.1. The van der Waals surface area contributed by atoms with E-state index in [0.717, 1.165) is 16.3 Å². The molecule has 3 N–H and O–H groups in total. The van der Waals surface area contributed by atoms with Gasteiger partial charge in [0.25, 0.3) is 0 Å². The normalized spacial score (nSPS) is 15.9. The van der Waals surface area contributed by atoms with Gasteiger partial charge in [-0.1, -0.05) is 69.6 Å². The lowest BCUT2D eigenvalue weighted by molar-refractivity contribution is -0.128. The molecule has 1 fully saturated rings. The quantitative estimate of drug-likeness (QED) is 0.205.